The number of amides is 1. The molecule has 1 aromatic heterocycles. The van der Waals surface area contributed by atoms with Gasteiger partial charge in [-0.05, 0) is 53.8 Å². The summed E-state index contributed by atoms with van der Waals surface area (Å²) in [5.74, 6) is -0.565. The van der Waals surface area contributed by atoms with Crippen LogP contribution < -0.4 is 5.32 Å². The van der Waals surface area contributed by atoms with E-state index in [1.165, 1.54) is 12.3 Å². The molecule has 0 fully saturated rings. The fourth-order valence-electron chi connectivity index (χ4n) is 3.64. The van der Waals surface area contributed by atoms with Crippen molar-refractivity contribution in [2.75, 3.05) is 0 Å². The topological polar surface area (TPSA) is 42.0 Å². The van der Waals surface area contributed by atoms with E-state index in [-0.39, 0.29) is 11.2 Å². The van der Waals surface area contributed by atoms with E-state index < -0.39 is 17.6 Å². The van der Waals surface area contributed by atoms with Crippen LogP contribution in [0.15, 0.2) is 91.1 Å². The Hall–Kier alpha value is -3.93. The van der Waals surface area contributed by atoms with Gasteiger partial charge in [-0.25, -0.2) is 4.98 Å². The number of allylic oxidation sites excluding steroid dienone is 1. The van der Waals surface area contributed by atoms with Gasteiger partial charge in [-0.1, -0.05) is 66.7 Å². The lowest BCUT2D eigenvalue weighted by Gasteiger charge is -2.15. The molecule has 0 aliphatic rings. The SMILES string of the molecule is Cc1cc(C(=O)N/C=C/Cc2ccccc2)nc2c(C(F)(F)F)cc(-c3ccccc3)cc12. The third-order valence-electron chi connectivity index (χ3n) is 5.29. The Morgan fingerprint density at radius 2 is 1.61 bits per heavy atom. The van der Waals surface area contributed by atoms with Crippen LogP contribution in [0.4, 0.5) is 13.2 Å². The summed E-state index contributed by atoms with van der Waals surface area (Å²) in [5.41, 5.74) is 1.57. The van der Waals surface area contributed by atoms with Crippen molar-refractivity contribution in [3.05, 3.63) is 114 Å². The molecule has 3 nitrogen and oxygen atoms in total. The zero-order valence-electron chi connectivity index (χ0n) is 17.9. The van der Waals surface area contributed by atoms with Gasteiger partial charge in [0.1, 0.15) is 5.69 Å². The second kappa shape index (κ2) is 9.28. The number of pyridine rings is 1. The molecule has 0 atom stereocenters. The number of carbonyl (C=O) groups is 1. The Morgan fingerprint density at radius 3 is 2.27 bits per heavy atom. The lowest BCUT2D eigenvalue weighted by Crippen LogP contribution is -2.19. The maximum absolute atomic E-state index is 13.9. The molecule has 1 heterocycles. The van der Waals surface area contributed by atoms with E-state index in [2.05, 4.69) is 10.3 Å². The zero-order chi connectivity index (χ0) is 23.4. The summed E-state index contributed by atoms with van der Waals surface area (Å²) >= 11 is 0. The summed E-state index contributed by atoms with van der Waals surface area (Å²) in [6.07, 6.45) is -0.743. The van der Waals surface area contributed by atoms with Crippen molar-refractivity contribution in [3.63, 3.8) is 0 Å². The molecule has 3 aromatic carbocycles. The number of nitrogens with one attached hydrogen (secondary N) is 1. The lowest BCUT2D eigenvalue weighted by molar-refractivity contribution is -0.136. The molecule has 4 rings (SSSR count). The van der Waals surface area contributed by atoms with Gasteiger partial charge in [0.05, 0.1) is 11.1 Å². The first-order valence-electron chi connectivity index (χ1n) is 10.4. The zero-order valence-corrected chi connectivity index (χ0v) is 17.9. The van der Waals surface area contributed by atoms with Gasteiger partial charge in [0.15, 0.2) is 0 Å². The van der Waals surface area contributed by atoms with Crippen molar-refractivity contribution < 1.29 is 18.0 Å². The molecule has 0 aliphatic carbocycles. The molecule has 0 saturated heterocycles. The van der Waals surface area contributed by atoms with Crippen LogP contribution >= 0.6 is 0 Å². The minimum absolute atomic E-state index is 0.0673. The number of carbonyl (C=O) groups excluding carboxylic acids is 1. The number of hydrogen-bond donors (Lipinski definition) is 1. The molecule has 1 N–H and O–H groups in total. The first-order chi connectivity index (χ1) is 15.8. The van der Waals surface area contributed by atoms with Crippen LogP contribution in [0.2, 0.25) is 0 Å². The molecule has 166 valence electrons. The molecule has 6 heteroatoms. The summed E-state index contributed by atoms with van der Waals surface area (Å²) in [7, 11) is 0. The number of fused-ring (bicyclic) bond motifs is 1. The van der Waals surface area contributed by atoms with Crippen LogP contribution in [0.3, 0.4) is 0 Å². The molecule has 4 aromatic rings. The highest BCUT2D eigenvalue weighted by Crippen LogP contribution is 2.38. The average Bonchev–Trinajstić information content (AvgIpc) is 2.81. The van der Waals surface area contributed by atoms with Gasteiger partial charge < -0.3 is 5.32 Å². The number of hydrogen-bond acceptors (Lipinski definition) is 2. The number of benzene rings is 3. The van der Waals surface area contributed by atoms with Gasteiger partial charge in [0.2, 0.25) is 0 Å². The molecule has 0 spiro atoms. The Balaban J connectivity index is 1.67. The Morgan fingerprint density at radius 1 is 0.939 bits per heavy atom. The monoisotopic (exact) mass is 446 g/mol. The summed E-state index contributed by atoms with van der Waals surface area (Å²) in [5, 5.41) is 2.95. The van der Waals surface area contributed by atoms with Gasteiger partial charge in [0, 0.05) is 11.6 Å². The molecular weight excluding hydrogens is 425 g/mol. The van der Waals surface area contributed by atoms with Crippen LogP contribution in [-0.2, 0) is 12.6 Å². The van der Waals surface area contributed by atoms with Crippen LogP contribution in [0.25, 0.3) is 22.0 Å². The molecule has 0 aliphatic heterocycles. The van der Waals surface area contributed by atoms with E-state index in [1.54, 1.807) is 49.4 Å². The van der Waals surface area contributed by atoms with Crippen LogP contribution in [0, 0.1) is 6.92 Å². The van der Waals surface area contributed by atoms with E-state index in [9.17, 15) is 18.0 Å². The highest BCUT2D eigenvalue weighted by Gasteiger charge is 2.34. The summed E-state index contributed by atoms with van der Waals surface area (Å²) in [4.78, 5) is 16.7. The minimum Gasteiger partial charge on any atom is -0.328 e. The van der Waals surface area contributed by atoms with E-state index in [0.29, 0.717) is 28.5 Å². The minimum atomic E-state index is -4.62. The molecule has 0 saturated carbocycles. The van der Waals surface area contributed by atoms with Crippen molar-refractivity contribution in [1.82, 2.24) is 10.3 Å². The smallest absolute Gasteiger partial charge is 0.328 e. The first kappa shape index (κ1) is 22.3. The standard InChI is InChI=1S/C27H21F3N2O/c1-18-15-24(26(33)31-14-8-11-19-9-4-2-5-10-19)32-25-22(18)16-21(17-23(25)27(28,29)30)20-12-6-3-7-13-20/h2-10,12-17H,11H2,1H3,(H,31,33)/b14-8+. The maximum Gasteiger partial charge on any atom is 0.418 e. The Bertz CT molecular complexity index is 1310. The Labute approximate surface area is 189 Å². The van der Waals surface area contributed by atoms with Gasteiger partial charge in [-0.3, -0.25) is 4.79 Å². The molecule has 0 radical (unpaired) electrons. The fourth-order valence-corrected chi connectivity index (χ4v) is 3.64. The average molecular weight is 446 g/mol. The van der Waals surface area contributed by atoms with Crippen molar-refractivity contribution in [1.29, 1.82) is 0 Å². The summed E-state index contributed by atoms with van der Waals surface area (Å²) in [6, 6.07) is 22.8. The van der Waals surface area contributed by atoms with E-state index in [1.807, 2.05) is 30.3 Å². The fraction of sp³-hybridized carbons (Fsp3) is 0.111. The van der Waals surface area contributed by atoms with Crippen LogP contribution in [0.1, 0.15) is 27.2 Å². The van der Waals surface area contributed by atoms with Gasteiger partial charge >= 0.3 is 6.18 Å². The molecule has 0 bridgehead atoms. The normalized spacial score (nSPS) is 11.8. The molecule has 0 unspecified atom stereocenters. The highest BCUT2D eigenvalue weighted by atomic mass is 19.4. The predicted molar refractivity (Wildman–Crippen MR) is 124 cm³/mol. The number of alkyl halides is 3. The largest absolute Gasteiger partial charge is 0.418 e. The maximum atomic E-state index is 13.9. The number of aromatic nitrogens is 1. The van der Waals surface area contributed by atoms with E-state index in [4.69, 9.17) is 0 Å². The van der Waals surface area contributed by atoms with Crippen molar-refractivity contribution in [2.45, 2.75) is 19.5 Å². The van der Waals surface area contributed by atoms with Crippen LogP contribution in [0.5, 0.6) is 0 Å². The Kier molecular flexibility index (Phi) is 6.27. The lowest BCUT2D eigenvalue weighted by atomic mass is 9.96. The third-order valence-corrected chi connectivity index (χ3v) is 5.29. The van der Waals surface area contributed by atoms with E-state index in [0.717, 1.165) is 11.6 Å². The second-order valence-corrected chi connectivity index (χ2v) is 7.67. The number of rotatable bonds is 5. The second-order valence-electron chi connectivity index (χ2n) is 7.67. The summed E-state index contributed by atoms with van der Waals surface area (Å²) < 4.78 is 41.8. The number of aryl methyl sites for hydroxylation is 1. The van der Waals surface area contributed by atoms with Crippen molar-refractivity contribution >= 4 is 16.8 Å². The van der Waals surface area contributed by atoms with Gasteiger partial charge in [-0.15, -0.1) is 0 Å². The number of nitrogens with zero attached hydrogens (tertiary/aromatic N) is 1. The van der Waals surface area contributed by atoms with Gasteiger partial charge in [0.25, 0.3) is 5.91 Å². The molecule has 1 amide bonds. The van der Waals surface area contributed by atoms with Crippen molar-refractivity contribution in [3.8, 4) is 11.1 Å². The summed E-state index contributed by atoms with van der Waals surface area (Å²) in [6.45, 7) is 1.68. The highest BCUT2D eigenvalue weighted by molar-refractivity contribution is 5.98. The van der Waals surface area contributed by atoms with Crippen LogP contribution in [-0.4, -0.2) is 10.9 Å². The predicted octanol–water partition coefficient (Wildman–Crippen LogP) is 6.72. The quantitative estimate of drug-likeness (QED) is 0.370. The third kappa shape index (κ3) is 5.12. The number of halogens is 3. The molecule has 33 heavy (non-hydrogen) atoms. The van der Waals surface area contributed by atoms with Crippen molar-refractivity contribution in [2.24, 2.45) is 0 Å². The molecular formula is C27H21F3N2O. The van der Waals surface area contributed by atoms with Gasteiger partial charge in [-0.2, -0.15) is 13.2 Å². The van der Waals surface area contributed by atoms with E-state index >= 15 is 0 Å². The first-order valence-corrected chi connectivity index (χ1v) is 10.4.